The molecule has 0 spiro atoms. The fraction of sp³-hybridized carbons (Fsp3) is 0.231. The maximum atomic E-state index is 13.2. The number of carbonyl (C=O) groups excluding carboxylic acids is 1. The molecule has 20 heavy (non-hydrogen) atoms. The van der Waals surface area contributed by atoms with Crippen molar-refractivity contribution >= 4 is 27.5 Å². The number of aromatic nitrogens is 2. The summed E-state index contributed by atoms with van der Waals surface area (Å²) in [6, 6.07) is 2.51. The largest absolute Gasteiger partial charge is 0.396 e. The summed E-state index contributed by atoms with van der Waals surface area (Å²) in [5.41, 5.74) is 5.74. The Balaban J connectivity index is 1.87. The van der Waals surface area contributed by atoms with Crippen molar-refractivity contribution in [3.8, 4) is 0 Å². The number of hydrogen-bond acceptors (Lipinski definition) is 3. The number of rotatable bonds is 5. The lowest BCUT2D eigenvalue weighted by atomic mass is 10.2. The molecule has 0 saturated heterocycles. The third-order valence-corrected chi connectivity index (χ3v) is 3.42. The van der Waals surface area contributed by atoms with Crippen LogP contribution in [-0.2, 0) is 6.54 Å². The van der Waals surface area contributed by atoms with Crippen molar-refractivity contribution in [3.05, 3.63) is 46.7 Å². The van der Waals surface area contributed by atoms with Crippen LogP contribution in [0.5, 0.6) is 0 Å². The lowest BCUT2D eigenvalue weighted by molar-refractivity contribution is 0.0952. The predicted molar refractivity (Wildman–Crippen MR) is 77.7 cm³/mol. The summed E-state index contributed by atoms with van der Waals surface area (Å²) in [6.07, 6.45) is 6.06. The molecule has 1 aromatic carbocycles. The third-order valence-electron chi connectivity index (χ3n) is 2.77. The van der Waals surface area contributed by atoms with E-state index < -0.39 is 5.82 Å². The van der Waals surface area contributed by atoms with Gasteiger partial charge in [-0.3, -0.25) is 4.79 Å². The van der Waals surface area contributed by atoms with Crippen molar-refractivity contribution in [2.75, 3.05) is 12.3 Å². The van der Waals surface area contributed by atoms with E-state index in [1.807, 2.05) is 10.8 Å². The van der Waals surface area contributed by atoms with Gasteiger partial charge in [0.1, 0.15) is 5.82 Å². The molecule has 0 unspecified atom stereocenters. The van der Waals surface area contributed by atoms with Crippen molar-refractivity contribution in [1.82, 2.24) is 14.9 Å². The maximum absolute atomic E-state index is 13.2. The SMILES string of the molecule is Nc1cc(C(=O)NCCCn2ccnc2)c(Br)cc1F. The second-order valence-corrected chi connectivity index (χ2v) is 5.12. The topological polar surface area (TPSA) is 72.9 Å². The Bertz CT molecular complexity index is 601. The van der Waals surface area contributed by atoms with Gasteiger partial charge in [0.15, 0.2) is 0 Å². The summed E-state index contributed by atoms with van der Waals surface area (Å²) >= 11 is 3.15. The average Bonchev–Trinajstić information content (AvgIpc) is 2.92. The molecule has 1 aromatic heterocycles. The fourth-order valence-corrected chi connectivity index (χ4v) is 2.21. The van der Waals surface area contributed by atoms with Crippen LogP contribution in [0.1, 0.15) is 16.8 Å². The van der Waals surface area contributed by atoms with Gasteiger partial charge in [-0.25, -0.2) is 9.37 Å². The van der Waals surface area contributed by atoms with E-state index in [0.717, 1.165) is 13.0 Å². The Morgan fingerprint density at radius 3 is 3.00 bits per heavy atom. The lowest BCUT2D eigenvalue weighted by Gasteiger charge is -2.08. The van der Waals surface area contributed by atoms with Crippen molar-refractivity contribution in [2.24, 2.45) is 0 Å². The van der Waals surface area contributed by atoms with Crippen molar-refractivity contribution < 1.29 is 9.18 Å². The first-order chi connectivity index (χ1) is 9.58. The highest BCUT2D eigenvalue weighted by molar-refractivity contribution is 9.10. The van der Waals surface area contributed by atoms with Gasteiger partial charge < -0.3 is 15.6 Å². The smallest absolute Gasteiger partial charge is 0.252 e. The first-order valence-corrected chi connectivity index (χ1v) is 6.85. The first-order valence-electron chi connectivity index (χ1n) is 6.06. The molecule has 5 nitrogen and oxygen atoms in total. The highest BCUT2D eigenvalue weighted by Gasteiger charge is 2.12. The number of halogens is 2. The minimum Gasteiger partial charge on any atom is -0.396 e. The highest BCUT2D eigenvalue weighted by atomic mass is 79.9. The van der Waals surface area contributed by atoms with Gasteiger partial charge in [0.2, 0.25) is 0 Å². The molecule has 106 valence electrons. The molecule has 0 fully saturated rings. The number of imidazole rings is 1. The van der Waals surface area contributed by atoms with Crippen LogP contribution in [0.3, 0.4) is 0 Å². The molecule has 1 amide bonds. The van der Waals surface area contributed by atoms with E-state index in [-0.39, 0.29) is 11.6 Å². The van der Waals surface area contributed by atoms with Crippen LogP contribution in [0.4, 0.5) is 10.1 Å². The van der Waals surface area contributed by atoms with Crippen LogP contribution in [0.25, 0.3) is 0 Å². The number of carbonyl (C=O) groups is 1. The number of benzene rings is 1. The summed E-state index contributed by atoms with van der Waals surface area (Å²) in [5, 5.41) is 2.77. The Hall–Kier alpha value is -1.89. The van der Waals surface area contributed by atoms with Gasteiger partial charge >= 0.3 is 0 Å². The molecule has 0 aliphatic carbocycles. The monoisotopic (exact) mass is 340 g/mol. The summed E-state index contributed by atoms with van der Waals surface area (Å²) in [6.45, 7) is 1.29. The molecule has 0 aliphatic rings. The standard InChI is InChI=1S/C13H14BrFN4O/c14-10-7-11(15)12(16)6-9(10)13(20)18-2-1-4-19-5-3-17-8-19/h3,5-8H,1-2,4,16H2,(H,18,20). The van der Waals surface area contributed by atoms with E-state index >= 15 is 0 Å². The summed E-state index contributed by atoms with van der Waals surface area (Å²) in [4.78, 5) is 15.9. The van der Waals surface area contributed by atoms with E-state index in [1.165, 1.54) is 12.1 Å². The third kappa shape index (κ3) is 3.57. The molecule has 0 atom stereocenters. The zero-order valence-corrected chi connectivity index (χ0v) is 12.2. The highest BCUT2D eigenvalue weighted by Crippen LogP contribution is 2.22. The molecule has 2 rings (SSSR count). The number of nitrogens with two attached hydrogens (primary N) is 1. The molecular formula is C13H14BrFN4O. The summed E-state index contributed by atoms with van der Waals surface area (Å²) in [5.74, 6) is -0.831. The summed E-state index contributed by atoms with van der Waals surface area (Å²) < 4.78 is 15.5. The van der Waals surface area contributed by atoms with Gasteiger partial charge in [-0.05, 0) is 34.5 Å². The van der Waals surface area contributed by atoms with Gasteiger partial charge in [0.25, 0.3) is 5.91 Å². The number of aryl methyl sites for hydroxylation is 1. The second-order valence-electron chi connectivity index (χ2n) is 4.26. The number of nitrogens with zero attached hydrogens (tertiary/aromatic N) is 2. The quantitative estimate of drug-likeness (QED) is 0.647. The molecule has 0 saturated carbocycles. The Morgan fingerprint density at radius 1 is 1.50 bits per heavy atom. The van der Waals surface area contributed by atoms with Crippen LogP contribution in [0, 0.1) is 5.82 Å². The normalized spacial score (nSPS) is 10.5. The van der Waals surface area contributed by atoms with Gasteiger partial charge in [0, 0.05) is 30.0 Å². The van der Waals surface area contributed by atoms with Crippen molar-refractivity contribution in [3.63, 3.8) is 0 Å². The number of amides is 1. The number of nitrogens with one attached hydrogen (secondary N) is 1. The van der Waals surface area contributed by atoms with Crippen molar-refractivity contribution in [1.29, 1.82) is 0 Å². The van der Waals surface area contributed by atoms with Gasteiger partial charge in [-0.1, -0.05) is 0 Å². The minimum atomic E-state index is -0.548. The van der Waals surface area contributed by atoms with Crippen LogP contribution in [0.2, 0.25) is 0 Å². The minimum absolute atomic E-state index is 0.0447. The number of anilines is 1. The van der Waals surface area contributed by atoms with Gasteiger partial charge in [-0.15, -0.1) is 0 Å². The molecule has 3 N–H and O–H groups in total. The van der Waals surface area contributed by atoms with Gasteiger partial charge in [-0.2, -0.15) is 0 Å². The Morgan fingerprint density at radius 2 is 2.30 bits per heavy atom. The predicted octanol–water partition coefficient (Wildman–Crippen LogP) is 2.19. The zero-order valence-electron chi connectivity index (χ0n) is 10.6. The summed E-state index contributed by atoms with van der Waals surface area (Å²) in [7, 11) is 0. The van der Waals surface area contributed by atoms with E-state index in [1.54, 1.807) is 12.5 Å². The zero-order chi connectivity index (χ0) is 14.5. The molecule has 2 aromatic rings. The van der Waals surface area contributed by atoms with Gasteiger partial charge in [0.05, 0.1) is 17.6 Å². The molecule has 0 radical (unpaired) electrons. The van der Waals surface area contributed by atoms with Crippen LogP contribution < -0.4 is 11.1 Å². The molecule has 0 bridgehead atoms. The van der Waals surface area contributed by atoms with E-state index in [0.29, 0.717) is 16.6 Å². The Labute approximate surface area is 124 Å². The first kappa shape index (κ1) is 14.5. The number of hydrogen-bond donors (Lipinski definition) is 2. The van der Waals surface area contributed by atoms with Crippen LogP contribution in [0.15, 0.2) is 35.3 Å². The average molecular weight is 341 g/mol. The van der Waals surface area contributed by atoms with E-state index in [9.17, 15) is 9.18 Å². The van der Waals surface area contributed by atoms with Crippen LogP contribution in [-0.4, -0.2) is 22.0 Å². The lowest BCUT2D eigenvalue weighted by Crippen LogP contribution is -2.25. The van der Waals surface area contributed by atoms with Crippen LogP contribution >= 0.6 is 15.9 Å². The second kappa shape index (κ2) is 6.51. The fourth-order valence-electron chi connectivity index (χ4n) is 1.72. The molecule has 1 heterocycles. The van der Waals surface area contributed by atoms with E-state index in [4.69, 9.17) is 5.73 Å². The molecular weight excluding hydrogens is 327 g/mol. The Kier molecular flexibility index (Phi) is 4.73. The molecule has 7 heteroatoms. The maximum Gasteiger partial charge on any atom is 0.252 e. The number of nitrogen functional groups attached to an aromatic ring is 1. The van der Waals surface area contributed by atoms with E-state index in [2.05, 4.69) is 26.2 Å². The molecule has 0 aliphatic heterocycles. The van der Waals surface area contributed by atoms with Crippen molar-refractivity contribution in [2.45, 2.75) is 13.0 Å².